The zero-order valence-electron chi connectivity index (χ0n) is 14.0. The Balaban J connectivity index is 1.40. The Morgan fingerprint density at radius 3 is 2.88 bits per heavy atom. The number of carbonyl (C=O) groups is 2. The Hall–Kier alpha value is -1.96. The van der Waals surface area contributed by atoms with Gasteiger partial charge in [0.2, 0.25) is 0 Å². The minimum absolute atomic E-state index is 0.00118. The molecule has 4 rings (SSSR count). The van der Waals surface area contributed by atoms with Crippen molar-refractivity contribution in [1.82, 2.24) is 15.2 Å². The molecule has 0 aromatic carbocycles. The normalized spacial score (nSPS) is 28.8. The number of alkyl halides is 1. The van der Waals surface area contributed by atoms with Crippen LogP contribution in [-0.4, -0.2) is 53.2 Å². The van der Waals surface area contributed by atoms with Gasteiger partial charge in [-0.25, -0.2) is 9.37 Å². The summed E-state index contributed by atoms with van der Waals surface area (Å²) in [7, 11) is 0. The van der Waals surface area contributed by atoms with Crippen molar-refractivity contribution in [3.05, 3.63) is 17.3 Å². The first-order chi connectivity index (χ1) is 12.1. The van der Waals surface area contributed by atoms with Crippen molar-refractivity contribution in [2.24, 2.45) is 0 Å². The van der Waals surface area contributed by atoms with E-state index < -0.39 is 12.1 Å². The molecule has 3 heterocycles. The molecule has 136 valence electrons. The third-order valence-electron chi connectivity index (χ3n) is 5.14. The second kappa shape index (κ2) is 6.74. The molecular weight excluding hydrogens is 329 g/mol. The van der Waals surface area contributed by atoms with Crippen molar-refractivity contribution in [2.45, 2.75) is 63.4 Å². The van der Waals surface area contributed by atoms with E-state index in [2.05, 4.69) is 10.3 Å². The number of fused-ring (bicyclic) bond motifs is 1. The molecule has 2 amide bonds. The summed E-state index contributed by atoms with van der Waals surface area (Å²) in [5.74, 6) is 0.220. The van der Waals surface area contributed by atoms with Gasteiger partial charge in [0.15, 0.2) is 0 Å². The molecule has 7 nitrogen and oxygen atoms in total. The zero-order chi connectivity index (χ0) is 17.4. The average Bonchev–Trinajstić information content (AvgIpc) is 3.34. The minimum Gasteiger partial charge on any atom is -0.437 e. The summed E-state index contributed by atoms with van der Waals surface area (Å²) >= 11 is 0. The predicted octanol–water partition coefficient (Wildman–Crippen LogP) is 1.36. The van der Waals surface area contributed by atoms with Crippen LogP contribution in [0.3, 0.4) is 0 Å². The molecule has 1 saturated heterocycles. The van der Waals surface area contributed by atoms with Crippen molar-refractivity contribution in [2.75, 3.05) is 13.2 Å². The van der Waals surface area contributed by atoms with Crippen LogP contribution in [0.25, 0.3) is 0 Å². The molecule has 0 radical (unpaired) electrons. The van der Waals surface area contributed by atoms with Gasteiger partial charge in [0.05, 0.1) is 6.54 Å². The van der Waals surface area contributed by atoms with Crippen LogP contribution in [0.4, 0.5) is 4.39 Å². The first-order valence-corrected chi connectivity index (χ1v) is 8.94. The standard InChI is InChI=1S/C17H22FN3O4/c18-10-3-4-11(8-10)19-15(22)16-20-12-9-21(6-5-13(12)25-16)17(23)14-2-1-7-24-14/h10-11,14H,1-9H2,(H,19,22)/t10-,11-,14+/m1/s1. The highest BCUT2D eigenvalue weighted by Gasteiger charge is 2.33. The largest absolute Gasteiger partial charge is 0.437 e. The van der Waals surface area contributed by atoms with Gasteiger partial charge in [0, 0.05) is 25.6 Å². The van der Waals surface area contributed by atoms with E-state index in [4.69, 9.17) is 9.15 Å². The van der Waals surface area contributed by atoms with Crippen LogP contribution in [0.2, 0.25) is 0 Å². The number of ether oxygens (including phenoxy) is 1. The quantitative estimate of drug-likeness (QED) is 0.889. The molecule has 25 heavy (non-hydrogen) atoms. The van der Waals surface area contributed by atoms with Crippen LogP contribution in [0.15, 0.2) is 4.42 Å². The van der Waals surface area contributed by atoms with Crippen LogP contribution in [0.5, 0.6) is 0 Å². The summed E-state index contributed by atoms with van der Waals surface area (Å²) < 4.78 is 24.2. The number of halogens is 1. The average molecular weight is 351 g/mol. The van der Waals surface area contributed by atoms with Crippen molar-refractivity contribution in [3.63, 3.8) is 0 Å². The second-order valence-electron chi connectivity index (χ2n) is 6.98. The van der Waals surface area contributed by atoms with E-state index in [0.717, 1.165) is 12.8 Å². The Morgan fingerprint density at radius 1 is 1.28 bits per heavy atom. The third kappa shape index (κ3) is 3.40. The third-order valence-corrected chi connectivity index (χ3v) is 5.14. The summed E-state index contributed by atoms with van der Waals surface area (Å²) in [4.78, 5) is 30.7. The number of oxazole rings is 1. The van der Waals surface area contributed by atoms with Crippen molar-refractivity contribution in [1.29, 1.82) is 0 Å². The highest BCUT2D eigenvalue weighted by atomic mass is 19.1. The fourth-order valence-electron chi connectivity index (χ4n) is 3.76. The number of aromatic nitrogens is 1. The molecule has 2 fully saturated rings. The van der Waals surface area contributed by atoms with Crippen LogP contribution in [-0.2, 0) is 22.5 Å². The summed E-state index contributed by atoms with van der Waals surface area (Å²) in [6.07, 6.45) is 2.45. The van der Waals surface area contributed by atoms with Crippen molar-refractivity contribution >= 4 is 11.8 Å². The van der Waals surface area contributed by atoms with Gasteiger partial charge < -0.3 is 19.4 Å². The van der Waals surface area contributed by atoms with Crippen molar-refractivity contribution in [3.8, 4) is 0 Å². The number of amides is 2. The molecule has 3 atom stereocenters. The zero-order valence-corrected chi connectivity index (χ0v) is 14.0. The molecule has 1 N–H and O–H groups in total. The molecule has 1 aliphatic carbocycles. The number of carbonyl (C=O) groups excluding carboxylic acids is 2. The van der Waals surface area contributed by atoms with Crippen molar-refractivity contribution < 1.29 is 23.1 Å². The topological polar surface area (TPSA) is 84.7 Å². The maximum absolute atomic E-state index is 13.2. The minimum atomic E-state index is -0.847. The van der Waals surface area contributed by atoms with Gasteiger partial charge in [-0.3, -0.25) is 9.59 Å². The SMILES string of the molecule is O=C(N[C@@H]1CC[C@@H](F)C1)c1nc2c(o1)CCN(C(=O)[C@@H]1CCCO1)C2. The van der Waals surface area contributed by atoms with E-state index in [1.807, 2.05) is 0 Å². The fourth-order valence-corrected chi connectivity index (χ4v) is 3.76. The van der Waals surface area contributed by atoms with Crippen LogP contribution in [0, 0.1) is 0 Å². The summed E-state index contributed by atoms with van der Waals surface area (Å²) in [6.45, 7) is 1.50. The van der Waals surface area contributed by atoms with E-state index in [0.29, 0.717) is 56.8 Å². The number of nitrogens with zero attached hydrogens (tertiary/aromatic N) is 2. The first kappa shape index (κ1) is 16.5. The summed E-state index contributed by atoms with van der Waals surface area (Å²) in [6, 6.07) is -0.163. The Morgan fingerprint density at radius 2 is 2.16 bits per heavy atom. The Kier molecular flexibility index (Phi) is 4.45. The van der Waals surface area contributed by atoms with E-state index in [1.165, 1.54) is 0 Å². The number of hydrogen-bond donors (Lipinski definition) is 1. The predicted molar refractivity (Wildman–Crippen MR) is 84.6 cm³/mol. The lowest BCUT2D eigenvalue weighted by atomic mass is 10.1. The van der Waals surface area contributed by atoms with Gasteiger partial charge in [0.25, 0.3) is 11.8 Å². The molecule has 2 aliphatic heterocycles. The number of nitrogens with one attached hydrogen (secondary N) is 1. The van der Waals surface area contributed by atoms with Gasteiger partial charge in [-0.05, 0) is 32.1 Å². The number of rotatable bonds is 3. The second-order valence-corrected chi connectivity index (χ2v) is 6.98. The molecule has 1 aromatic heterocycles. The van der Waals surface area contributed by atoms with E-state index in [9.17, 15) is 14.0 Å². The van der Waals surface area contributed by atoms with Gasteiger partial charge in [-0.2, -0.15) is 0 Å². The molecule has 0 bridgehead atoms. The monoisotopic (exact) mass is 351 g/mol. The molecule has 1 aromatic rings. The lowest BCUT2D eigenvalue weighted by Gasteiger charge is -2.27. The highest BCUT2D eigenvalue weighted by Crippen LogP contribution is 2.24. The highest BCUT2D eigenvalue weighted by molar-refractivity contribution is 5.90. The Labute approximate surface area is 144 Å². The smallest absolute Gasteiger partial charge is 0.307 e. The molecule has 1 saturated carbocycles. The summed E-state index contributed by atoms with van der Waals surface area (Å²) in [5, 5.41) is 2.78. The van der Waals surface area contributed by atoms with E-state index in [1.54, 1.807) is 4.90 Å². The van der Waals surface area contributed by atoms with Gasteiger partial charge in [0.1, 0.15) is 23.7 Å². The Bertz CT molecular complexity index is 671. The lowest BCUT2D eigenvalue weighted by molar-refractivity contribution is -0.142. The molecule has 3 aliphatic rings. The molecule has 0 unspecified atom stereocenters. The van der Waals surface area contributed by atoms with Crippen LogP contribution in [0.1, 0.15) is 54.2 Å². The van der Waals surface area contributed by atoms with Crippen LogP contribution >= 0.6 is 0 Å². The fraction of sp³-hybridized carbons (Fsp3) is 0.706. The maximum Gasteiger partial charge on any atom is 0.307 e. The number of hydrogen-bond acceptors (Lipinski definition) is 5. The molecule has 0 spiro atoms. The van der Waals surface area contributed by atoms with Gasteiger partial charge >= 0.3 is 5.91 Å². The van der Waals surface area contributed by atoms with Gasteiger partial charge in [-0.15, -0.1) is 0 Å². The molecular formula is C17H22FN3O4. The first-order valence-electron chi connectivity index (χ1n) is 8.94. The van der Waals surface area contributed by atoms with Gasteiger partial charge in [-0.1, -0.05) is 0 Å². The van der Waals surface area contributed by atoms with E-state index >= 15 is 0 Å². The molecule has 8 heteroatoms. The van der Waals surface area contributed by atoms with Crippen LogP contribution < -0.4 is 5.32 Å². The maximum atomic E-state index is 13.2. The summed E-state index contributed by atoms with van der Waals surface area (Å²) in [5.41, 5.74) is 0.623. The lowest BCUT2D eigenvalue weighted by Crippen LogP contribution is -2.41. The van der Waals surface area contributed by atoms with E-state index in [-0.39, 0.29) is 23.9 Å².